The molecule has 0 amide bonds. The van der Waals surface area contributed by atoms with Crippen LogP contribution in [0.25, 0.3) is 0 Å². The van der Waals surface area contributed by atoms with Gasteiger partial charge in [-0.3, -0.25) is 4.79 Å². The molecule has 0 bridgehead atoms. The maximum Gasteiger partial charge on any atom is 0.283 e. The van der Waals surface area contributed by atoms with Gasteiger partial charge in [-0.25, -0.2) is 4.68 Å². The Morgan fingerprint density at radius 1 is 1.52 bits per heavy atom. The molecule has 2 unspecified atom stereocenters. The fourth-order valence-electron chi connectivity index (χ4n) is 3.05. The average molecular weight is 357 g/mol. The van der Waals surface area contributed by atoms with Gasteiger partial charge in [-0.2, -0.15) is 5.10 Å². The lowest BCUT2D eigenvalue weighted by molar-refractivity contribution is 0.335. The lowest BCUT2D eigenvalue weighted by atomic mass is 9.88. The summed E-state index contributed by atoms with van der Waals surface area (Å²) in [6.07, 6.45) is 5.22. The lowest BCUT2D eigenvalue weighted by Crippen LogP contribution is -2.47. The molecule has 0 aliphatic carbocycles. The van der Waals surface area contributed by atoms with Crippen LogP contribution in [0.5, 0.6) is 0 Å². The summed E-state index contributed by atoms with van der Waals surface area (Å²) in [7, 11) is 0. The predicted octanol–water partition coefficient (Wildman–Crippen LogP) is 2.54. The van der Waals surface area contributed by atoms with Gasteiger partial charge in [0, 0.05) is 19.1 Å². The standard InChI is InChI=1S/C15H25BrN4O/c1-4-11-5-6-19(12(7-11)8-17)13-9-18-20(10(2)3)15(21)14(13)16/h9-12H,4-8,17H2,1-3H3. The molecule has 6 heteroatoms. The van der Waals surface area contributed by atoms with Crippen molar-refractivity contribution in [1.82, 2.24) is 9.78 Å². The first-order chi connectivity index (χ1) is 9.99. The Bertz CT molecular complexity index is 543. The summed E-state index contributed by atoms with van der Waals surface area (Å²) in [5.74, 6) is 0.734. The van der Waals surface area contributed by atoms with Crippen LogP contribution in [0.4, 0.5) is 5.69 Å². The first-order valence-electron chi connectivity index (χ1n) is 7.73. The monoisotopic (exact) mass is 356 g/mol. The minimum absolute atomic E-state index is 0.0546. The van der Waals surface area contributed by atoms with Gasteiger partial charge >= 0.3 is 0 Å². The number of aromatic nitrogens is 2. The zero-order chi connectivity index (χ0) is 15.6. The topological polar surface area (TPSA) is 64.2 Å². The number of rotatable bonds is 4. The normalized spacial score (nSPS) is 22.9. The highest BCUT2D eigenvalue weighted by Crippen LogP contribution is 2.32. The second-order valence-corrected chi connectivity index (χ2v) is 6.86. The molecule has 1 fully saturated rings. The van der Waals surface area contributed by atoms with E-state index in [1.54, 1.807) is 6.20 Å². The summed E-state index contributed by atoms with van der Waals surface area (Å²) in [5, 5.41) is 4.31. The SMILES string of the molecule is CCC1CCN(c2cnn(C(C)C)c(=O)c2Br)C(CN)C1. The first-order valence-corrected chi connectivity index (χ1v) is 8.52. The van der Waals surface area contributed by atoms with Gasteiger partial charge in [0.1, 0.15) is 4.47 Å². The Morgan fingerprint density at radius 2 is 2.24 bits per heavy atom. The van der Waals surface area contributed by atoms with Gasteiger partial charge in [0.15, 0.2) is 0 Å². The van der Waals surface area contributed by atoms with Gasteiger partial charge < -0.3 is 10.6 Å². The number of anilines is 1. The number of hydrogen-bond donors (Lipinski definition) is 1. The van der Waals surface area contributed by atoms with Gasteiger partial charge in [-0.15, -0.1) is 0 Å². The van der Waals surface area contributed by atoms with Crippen LogP contribution in [0.3, 0.4) is 0 Å². The van der Waals surface area contributed by atoms with Crippen molar-refractivity contribution in [3.63, 3.8) is 0 Å². The molecule has 2 N–H and O–H groups in total. The van der Waals surface area contributed by atoms with Crippen LogP contribution in [0, 0.1) is 5.92 Å². The Hall–Kier alpha value is -0.880. The highest BCUT2D eigenvalue weighted by atomic mass is 79.9. The molecule has 2 heterocycles. The van der Waals surface area contributed by atoms with E-state index in [0.717, 1.165) is 31.0 Å². The molecule has 0 radical (unpaired) electrons. The molecule has 1 aliphatic heterocycles. The molecular formula is C15H25BrN4O. The van der Waals surface area contributed by atoms with E-state index in [2.05, 4.69) is 32.9 Å². The molecule has 0 saturated carbocycles. The molecular weight excluding hydrogens is 332 g/mol. The van der Waals surface area contributed by atoms with E-state index in [1.165, 1.54) is 11.1 Å². The molecule has 21 heavy (non-hydrogen) atoms. The van der Waals surface area contributed by atoms with Crippen molar-refractivity contribution in [2.75, 3.05) is 18.0 Å². The molecule has 2 rings (SSSR count). The summed E-state index contributed by atoms with van der Waals surface area (Å²) >= 11 is 3.47. The predicted molar refractivity (Wildman–Crippen MR) is 89.8 cm³/mol. The molecule has 1 aromatic rings. The Kier molecular flexibility index (Phi) is 5.43. The summed E-state index contributed by atoms with van der Waals surface area (Å²) in [6.45, 7) is 7.68. The number of nitrogens with zero attached hydrogens (tertiary/aromatic N) is 3. The molecule has 5 nitrogen and oxygen atoms in total. The molecule has 0 spiro atoms. The van der Waals surface area contributed by atoms with Crippen LogP contribution < -0.4 is 16.2 Å². The number of nitrogens with two attached hydrogens (primary N) is 1. The Labute approximate surface area is 134 Å². The summed E-state index contributed by atoms with van der Waals surface area (Å²) in [6, 6.07) is 0.343. The van der Waals surface area contributed by atoms with Gasteiger partial charge in [0.05, 0.1) is 17.9 Å². The maximum atomic E-state index is 12.4. The summed E-state index contributed by atoms with van der Waals surface area (Å²) in [5.41, 5.74) is 6.76. The van der Waals surface area contributed by atoms with Crippen molar-refractivity contribution in [2.24, 2.45) is 11.7 Å². The van der Waals surface area contributed by atoms with Gasteiger partial charge in [0.25, 0.3) is 5.56 Å². The van der Waals surface area contributed by atoms with E-state index < -0.39 is 0 Å². The fourth-order valence-corrected chi connectivity index (χ4v) is 3.56. The quantitative estimate of drug-likeness (QED) is 0.900. The average Bonchev–Trinajstić information content (AvgIpc) is 2.49. The smallest absolute Gasteiger partial charge is 0.283 e. The van der Waals surface area contributed by atoms with Crippen LogP contribution in [-0.4, -0.2) is 28.9 Å². The summed E-state index contributed by atoms with van der Waals surface area (Å²) < 4.78 is 2.10. The van der Waals surface area contributed by atoms with Crippen LogP contribution in [-0.2, 0) is 0 Å². The number of halogens is 1. The zero-order valence-corrected chi connectivity index (χ0v) is 14.6. The van der Waals surface area contributed by atoms with Crippen molar-refractivity contribution in [1.29, 1.82) is 0 Å². The van der Waals surface area contributed by atoms with E-state index in [0.29, 0.717) is 11.0 Å². The number of piperidine rings is 1. The van der Waals surface area contributed by atoms with Crippen molar-refractivity contribution in [2.45, 2.75) is 52.1 Å². The van der Waals surface area contributed by atoms with E-state index in [-0.39, 0.29) is 17.6 Å². The molecule has 0 aromatic carbocycles. The van der Waals surface area contributed by atoms with E-state index >= 15 is 0 Å². The minimum atomic E-state index is -0.0733. The third-order valence-electron chi connectivity index (χ3n) is 4.40. The fraction of sp³-hybridized carbons (Fsp3) is 0.733. The van der Waals surface area contributed by atoms with Gasteiger partial charge in [-0.05, 0) is 48.5 Å². The highest BCUT2D eigenvalue weighted by Gasteiger charge is 2.29. The van der Waals surface area contributed by atoms with Crippen molar-refractivity contribution in [3.8, 4) is 0 Å². The second kappa shape index (κ2) is 6.92. The van der Waals surface area contributed by atoms with Crippen molar-refractivity contribution in [3.05, 3.63) is 21.0 Å². The second-order valence-electron chi connectivity index (χ2n) is 6.07. The Morgan fingerprint density at radius 3 is 2.81 bits per heavy atom. The van der Waals surface area contributed by atoms with Gasteiger partial charge in [0.2, 0.25) is 0 Å². The van der Waals surface area contributed by atoms with Crippen molar-refractivity contribution >= 4 is 21.6 Å². The molecule has 2 atom stereocenters. The molecule has 118 valence electrons. The zero-order valence-electron chi connectivity index (χ0n) is 13.1. The van der Waals surface area contributed by atoms with Crippen LogP contribution in [0.2, 0.25) is 0 Å². The maximum absolute atomic E-state index is 12.4. The molecule has 1 aromatic heterocycles. The van der Waals surface area contributed by atoms with Crippen LogP contribution >= 0.6 is 15.9 Å². The molecule has 1 saturated heterocycles. The Balaban J connectivity index is 2.33. The van der Waals surface area contributed by atoms with Crippen molar-refractivity contribution < 1.29 is 0 Å². The molecule has 1 aliphatic rings. The minimum Gasteiger partial charge on any atom is -0.365 e. The van der Waals surface area contributed by atoms with Crippen LogP contribution in [0.1, 0.15) is 46.1 Å². The van der Waals surface area contributed by atoms with Crippen LogP contribution in [0.15, 0.2) is 15.5 Å². The van der Waals surface area contributed by atoms with E-state index in [4.69, 9.17) is 5.73 Å². The summed E-state index contributed by atoms with van der Waals surface area (Å²) in [4.78, 5) is 14.6. The number of hydrogen-bond acceptors (Lipinski definition) is 4. The third-order valence-corrected chi connectivity index (χ3v) is 5.14. The van der Waals surface area contributed by atoms with Gasteiger partial charge in [-0.1, -0.05) is 13.3 Å². The lowest BCUT2D eigenvalue weighted by Gasteiger charge is -2.40. The third kappa shape index (κ3) is 3.31. The highest BCUT2D eigenvalue weighted by molar-refractivity contribution is 9.10. The van der Waals surface area contributed by atoms with E-state index in [1.807, 2.05) is 13.8 Å². The first kappa shape index (κ1) is 16.5. The van der Waals surface area contributed by atoms with E-state index in [9.17, 15) is 4.79 Å². The largest absolute Gasteiger partial charge is 0.365 e.